The molecule has 0 saturated carbocycles. The molecule has 0 N–H and O–H groups in total. The number of hydrogen-bond donors (Lipinski definition) is 0. The first-order chi connectivity index (χ1) is 11.1. The van der Waals surface area contributed by atoms with Crippen LogP contribution in [-0.4, -0.2) is 37.1 Å². The smallest absolute Gasteiger partial charge is 0.355 e. The number of aldehydes is 1. The molecule has 0 aliphatic carbocycles. The molecular formula is C17H20FNO4. The molecular weight excluding hydrogens is 301 g/mol. The summed E-state index contributed by atoms with van der Waals surface area (Å²) >= 11 is 0. The van der Waals surface area contributed by atoms with Crippen molar-refractivity contribution >= 4 is 23.2 Å². The fraction of sp³-hybridized carbons (Fsp3) is 0.412. The summed E-state index contributed by atoms with van der Waals surface area (Å²) in [4.78, 5) is 23.8. The number of carbonyl (C=O) groups excluding carboxylic acids is 2. The minimum absolute atomic E-state index is 0.180. The molecule has 5 nitrogen and oxygen atoms in total. The molecule has 0 spiro atoms. The van der Waals surface area contributed by atoms with Crippen LogP contribution in [0.15, 0.2) is 18.2 Å². The summed E-state index contributed by atoms with van der Waals surface area (Å²) in [5.74, 6) is -0.987. The van der Waals surface area contributed by atoms with Crippen LogP contribution in [0.4, 0.5) is 4.39 Å². The molecule has 0 atom stereocenters. The number of nitrogens with zero attached hydrogens (tertiary/aromatic N) is 1. The van der Waals surface area contributed by atoms with Crippen LogP contribution in [0.1, 0.15) is 40.6 Å². The second kappa shape index (κ2) is 7.87. The number of benzene rings is 1. The standard InChI is InChI=1S/C17H20FNO4/c1-3-23-17(21)16-14(11-20)13-7-6-12(18)10-15(13)19(16)8-4-5-9-22-2/h6-7,10-11H,3-5,8-9H2,1-2H3. The van der Waals surface area contributed by atoms with E-state index in [2.05, 4.69) is 0 Å². The van der Waals surface area contributed by atoms with E-state index in [1.165, 1.54) is 18.2 Å². The van der Waals surface area contributed by atoms with Gasteiger partial charge in [0.15, 0.2) is 6.29 Å². The number of rotatable bonds is 8. The lowest BCUT2D eigenvalue weighted by Gasteiger charge is -2.10. The van der Waals surface area contributed by atoms with Crippen LogP contribution in [0, 0.1) is 5.82 Å². The lowest BCUT2D eigenvalue weighted by Crippen LogP contribution is -2.14. The SMILES string of the molecule is CCOC(=O)c1c(C=O)c2ccc(F)cc2n1CCCCOC. The Morgan fingerprint density at radius 3 is 2.78 bits per heavy atom. The molecule has 0 unspecified atom stereocenters. The third-order valence-corrected chi connectivity index (χ3v) is 3.63. The van der Waals surface area contributed by atoms with Gasteiger partial charge in [0.1, 0.15) is 11.5 Å². The van der Waals surface area contributed by atoms with Crippen molar-refractivity contribution in [3.05, 3.63) is 35.3 Å². The molecule has 0 fully saturated rings. The molecule has 1 heterocycles. The molecule has 0 aliphatic rings. The number of unbranched alkanes of at least 4 members (excludes halogenated alkanes) is 1. The van der Waals surface area contributed by atoms with E-state index in [9.17, 15) is 14.0 Å². The van der Waals surface area contributed by atoms with Gasteiger partial charge in [-0.25, -0.2) is 9.18 Å². The molecule has 2 aromatic rings. The summed E-state index contributed by atoms with van der Waals surface area (Å²) in [5, 5.41) is 0.552. The van der Waals surface area contributed by atoms with Gasteiger partial charge in [0.25, 0.3) is 0 Å². The zero-order chi connectivity index (χ0) is 16.8. The highest BCUT2D eigenvalue weighted by Crippen LogP contribution is 2.27. The Bertz CT molecular complexity index is 708. The Morgan fingerprint density at radius 2 is 2.13 bits per heavy atom. The van der Waals surface area contributed by atoms with Crippen LogP contribution in [-0.2, 0) is 16.0 Å². The fourth-order valence-electron chi connectivity index (χ4n) is 2.64. The van der Waals surface area contributed by atoms with Gasteiger partial charge in [-0.05, 0) is 38.0 Å². The Kier molecular flexibility index (Phi) is 5.87. The third kappa shape index (κ3) is 3.59. The van der Waals surface area contributed by atoms with Crippen molar-refractivity contribution < 1.29 is 23.5 Å². The Balaban J connectivity index is 2.53. The van der Waals surface area contributed by atoms with Gasteiger partial charge in [-0.3, -0.25) is 4.79 Å². The van der Waals surface area contributed by atoms with Crippen LogP contribution in [0.2, 0.25) is 0 Å². The van der Waals surface area contributed by atoms with E-state index < -0.39 is 11.8 Å². The lowest BCUT2D eigenvalue weighted by molar-refractivity contribution is 0.0512. The van der Waals surface area contributed by atoms with E-state index in [0.29, 0.717) is 30.3 Å². The van der Waals surface area contributed by atoms with Gasteiger partial charge in [0, 0.05) is 25.6 Å². The average molecular weight is 321 g/mol. The monoisotopic (exact) mass is 321 g/mol. The molecule has 2 rings (SSSR count). The molecule has 1 aromatic heterocycles. The molecule has 0 bridgehead atoms. The van der Waals surface area contributed by atoms with E-state index in [0.717, 1.165) is 12.8 Å². The largest absolute Gasteiger partial charge is 0.461 e. The van der Waals surface area contributed by atoms with E-state index in [-0.39, 0.29) is 17.9 Å². The number of methoxy groups -OCH3 is 1. The molecule has 23 heavy (non-hydrogen) atoms. The molecule has 0 radical (unpaired) electrons. The van der Waals surface area contributed by atoms with Crippen molar-refractivity contribution in [2.24, 2.45) is 0 Å². The number of ether oxygens (including phenoxy) is 2. The minimum Gasteiger partial charge on any atom is -0.461 e. The fourth-order valence-corrected chi connectivity index (χ4v) is 2.64. The first-order valence-electron chi connectivity index (χ1n) is 7.57. The zero-order valence-corrected chi connectivity index (χ0v) is 13.3. The molecule has 0 aliphatic heterocycles. The molecule has 1 aromatic carbocycles. The predicted molar refractivity (Wildman–Crippen MR) is 84.4 cm³/mol. The summed E-state index contributed by atoms with van der Waals surface area (Å²) in [6, 6.07) is 4.13. The number of halogens is 1. The van der Waals surface area contributed by atoms with E-state index in [1.54, 1.807) is 18.6 Å². The highest BCUT2D eigenvalue weighted by molar-refractivity contribution is 6.08. The highest BCUT2D eigenvalue weighted by atomic mass is 19.1. The highest BCUT2D eigenvalue weighted by Gasteiger charge is 2.23. The van der Waals surface area contributed by atoms with Crippen molar-refractivity contribution in [2.75, 3.05) is 20.3 Å². The number of aryl methyl sites for hydroxylation is 1. The van der Waals surface area contributed by atoms with Crippen molar-refractivity contribution in [1.29, 1.82) is 0 Å². The molecule has 0 amide bonds. The number of fused-ring (bicyclic) bond motifs is 1. The number of aromatic nitrogens is 1. The van der Waals surface area contributed by atoms with E-state index >= 15 is 0 Å². The second-order valence-electron chi connectivity index (χ2n) is 5.11. The first-order valence-corrected chi connectivity index (χ1v) is 7.57. The summed E-state index contributed by atoms with van der Waals surface area (Å²) < 4.78 is 25.4. The first kappa shape index (κ1) is 17.1. The summed E-state index contributed by atoms with van der Waals surface area (Å²) in [5.41, 5.74) is 0.942. The molecule has 0 saturated heterocycles. The average Bonchev–Trinajstić information content (AvgIpc) is 2.84. The quantitative estimate of drug-likeness (QED) is 0.426. The Morgan fingerprint density at radius 1 is 1.35 bits per heavy atom. The predicted octanol–water partition coefficient (Wildman–Crippen LogP) is 3.20. The third-order valence-electron chi connectivity index (χ3n) is 3.63. The maximum Gasteiger partial charge on any atom is 0.355 e. The lowest BCUT2D eigenvalue weighted by atomic mass is 10.1. The van der Waals surface area contributed by atoms with Gasteiger partial charge >= 0.3 is 5.97 Å². The van der Waals surface area contributed by atoms with Gasteiger partial charge in [-0.1, -0.05) is 0 Å². The summed E-state index contributed by atoms with van der Waals surface area (Å²) in [7, 11) is 1.62. The van der Waals surface area contributed by atoms with Crippen LogP contribution in [0.25, 0.3) is 10.9 Å². The molecule has 124 valence electrons. The van der Waals surface area contributed by atoms with Crippen LogP contribution in [0.3, 0.4) is 0 Å². The topological polar surface area (TPSA) is 57.5 Å². The summed E-state index contributed by atoms with van der Waals surface area (Å²) in [6.45, 7) is 2.98. The van der Waals surface area contributed by atoms with Crippen LogP contribution >= 0.6 is 0 Å². The van der Waals surface area contributed by atoms with Crippen molar-refractivity contribution in [2.45, 2.75) is 26.3 Å². The van der Waals surface area contributed by atoms with E-state index in [4.69, 9.17) is 9.47 Å². The van der Waals surface area contributed by atoms with Crippen LogP contribution < -0.4 is 0 Å². The van der Waals surface area contributed by atoms with Gasteiger partial charge < -0.3 is 14.0 Å². The van der Waals surface area contributed by atoms with Gasteiger partial charge in [0.2, 0.25) is 0 Å². The Hall–Kier alpha value is -2.21. The maximum atomic E-state index is 13.6. The zero-order valence-electron chi connectivity index (χ0n) is 13.3. The van der Waals surface area contributed by atoms with Gasteiger partial charge in [-0.15, -0.1) is 0 Å². The number of hydrogen-bond acceptors (Lipinski definition) is 4. The number of esters is 1. The van der Waals surface area contributed by atoms with Crippen LogP contribution in [0.5, 0.6) is 0 Å². The second-order valence-corrected chi connectivity index (χ2v) is 5.11. The Labute approximate surface area is 134 Å². The van der Waals surface area contributed by atoms with Gasteiger partial charge in [-0.2, -0.15) is 0 Å². The maximum absolute atomic E-state index is 13.6. The van der Waals surface area contributed by atoms with Crippen molar-refractivity contribution in [3.8, 4) is 0 Å². The molecule has 6 heteroatoms. The van der Waals surface area contributed by atoms with Crippen molar-refractivity contribution in [1.82, 2.24) is 4.57 Å². The minimum atomic E-state index is -0.571. The van der Waals surface area contributed by atoms with Gasteiger partial charge in [0.05, 0.1) is 17.7 Å². The summed E-state index contributed by atoms with van der Waals surface area (Å²) in [6.07, 6.45) is 2.15. The number of carbonyl (C=O) groups is 2. The normalized spacial score (nSPS) is 10.9. The van der Waals surface area contributed by atoms with E-state index in [1.807, 2.05) is 0 Å². The van der Waals surface area contributed by atoms with Crippen molar-refractivity contribution in [3.63, 3.8) is 0 Å².